The van der Waals surface area contributed by atoms with Gasteiger partial charge in [0.25, 0.3) is 0 Å². The standard InChI is InChI=1S/C18H19NO2/c1-13(11-15-6-4-10-21-15)19-12-17-16-7-3-2-5-14(16)8-9-18(17)20/h2-10,13,19-20H,11-12H2,1H3. The summed E-state index contributed by atoms with van der Waals surface area (Å²) in [5.41, 5.74) is 0.944. The molecular formula is C18H19NO2. The maximum atomic E-state index is 10.1. The van der Waals surface area contributed by atoms with Crippen LogP contribution in [-0.4, -0.2) is 11.1 Å². The van der Waals surface area contributed by atoms with Gasteiger partial charge >= 0.3 is 0 Å². The van der Waals surface area contributed by atoms with Crippen LogP contribution in [0.2, 0.25) is 0 Å². The molecule has 0 fully saturated rings. The van der Waals surface area contributed by atoms with Crippen LogP contribution in [0, 0.1) is 0 Å². The van der Waals surface area contributed by atoms with Gasteiger partial charge in [-0.2, -0.15) is 0 Å². The zero-order valence-corrected chi connectivity index (χ0v) is 12.0. The van der Waals surface area contributed by atoms with Crippen molar-refractivity contribution in [1.82, 2.24) is 5.32 Å². The summed E-state index contributed by atoms with van der Waals surface area (Å²) in [4.78, 5) is 0. The molecule has 3 aromatic rings. The van der Waals surface area contributed by atoms with Crippen LogP contribution in [0.4, 0.5) is 0 Å². The highest BCUT2D eigenvalue weighted by atomic mass is 16.3. The van der Waals surface area contributed by atoms with E-state index in [9.17, 15) is 5.11 Å². The Morgan fingerprint density at radius 3 is 2.76 bits per heavy atom. The van der Waals surface area contributed by atoms with Crippen LogP contribution in [0.15, 0.2) is 59.2 Å². The number of aromatic hydroxyl groups is 1. The first-order valence-electron chi connectivity index (χ1n) is 7.19. The molecule has 1 heterocycles. The molecule has 3 nitrogen and oxygen atoms in total. The Balaban J connectivity index is 1.74. The number of phenolic OH excluding ortho intramolecular Hbond substituents is 1. The quantitative estimate of drug-likeness (QED) is 0.746. The van der Waals surface area contributed by atoms with Gasteiger partial charge in [-0.3, -0.25) is 0 Å². The summed E-state index contributed by atoms with van der Waals surface area (Å²) in [6.07, 6.45) is 2.52. The fraction of sp³-hybridized carbons (Fsp3) is 0.222. The third-order valence-electron chi connectivity index (χ3n) is 3.73. The van der Waals surface area contributed by atoms with Crippen molar-refractivity contribution in [2.45, 2.75) is 25.9 Å². The molecule has 0 amide bonds. The van der Waals surface area contributed by atoms with Crippen molar-refractivity contribution in [1.29, 1.82) is 0 Å². The average Bonchev–Trinajstić information content (AvgIpc) is 2.99. The maximum Gasteiger partial charge on any atom is 0.120 e. The topological polar surface area (TPSA) is 45.4 Å². The Morgan fingerprint density at radius 2 is 1.95 bits per heavy atom. The lowest BCUT2D eigenvalue weighted by atomic mass is 10.0. The van der Waals surface area contributed by atoms with Gasteiger partial charge in [-0.25, -0.2) is 0 Å². The molecule has 0 radical (unpaired) electrons. The third-order valence-corrected chi connectivity index (χ3v) is 3.73. The molecule has 0 aliphatic rings. The van der Waals surface area contributed by atoms with E-state index in [-0.39, 0.29) is 6.04 Å². The lowest BCUT2D eigenvalue weighted by Crippen LogP contribution is -2.27. The van der Waals surface area contributed by atoms with E-state index in [4.69, 9.17) is 4.42 Å². The first-order valence-corrected chi connectivity index (χ1v) is 7.19. The third kappa shape index (κ3) is 3.09. The van der Waals surface area contributed by atoms with Crippen LogP contribution >= 0.6 is 0 Å². The minimum Gasteiger partial charge on any atom is -0.508 e. The SMILES string of the molecule is CC(Cc1ccco1)NCc1c(O)ccc2ccccc12. The molecule has 0 saturated heterocycles. The molecule has 0 bridgehead atoms. The highest BCUT2D eigenvalue weighted by Gasteiger charge is 2.10. The molecule has 21 heavy (non-hydrogen) atoms. The van der Waals surface area contributed by atoms with Gasteiger partial charge < -0.3 is 14.8 Å². The molecule has 0 aliphatic carbocycles. The molecule has 0 saturated carbocycles. The molecule has 1 atom stereocenters. The average molecular weight is 281 g/mol. The van der Waals surface area contributed by atoms with Gasteiger partial charge in [-0.15, -0.1) is 0 Å². The largest absolute Gasteiger partial charge is 0.508 e. The molecule has 108 valence electrons. The summed E-state index contributed by atoms with van der Waals surface area (Å²) in [7, 11) is 0. The minimum atomic E-state index is 0.273. The van der Waals surface area contributed by atoms with E-state index in [0.717, 1.165) is 28.5 Å². The van der Waals surface area contributed by atoms with Crippen LogP contribution in [0.5, 0.6) is 5.75 Å². The van der Waals surface area contributed by atoms with E-state index in [2.05, 4.69) is 18.3 Å². The van der Waals surface area contributed by atoms with Crippen molar-refractivity contribution in [2.75, 3.05) is 0 Å². The number of rotatable bonds is 5. The Morgan fingerprint density at radius 1 is 1.10 bits per heavy atom. The summed E-state index contributed by atoms with van der Waals surface area (Å²) in [6, 6.07) is 16.0. The molecule has 0 spiro atoms. The van der Waals surface area contributed by atoms with Gasteiger partial charge in [0, 0.05) is 24.6 Å². The molecule has 1 unspecified atom stereocenters. The van der Waals surface area contributed by atoms with Crippen molar-refractivity contribution in [3.05, 3.63) is 66.1 Å². The smallest absolute Gasteiger partial charge is 0.120 e. The number of furan rings is 1. The Hall–Kier alpha value is -2.26. The van der Waals surface area contributed by atoms with Crippen molar-refractivity contribution < 1.29 is 9.52 Å². The van der Waals surface area contributed by atoms with Crippen molar-refractivity contribution >= 4 is 10.8 Å². The van der Waals surface area contributed by atoms with Crippen molar-refractivity contribution in [2.24, 2.45) is 0 Å². The number of nitrogens with one attached hydrogen (secondary N) is 1. The van der Waals surface area contributed by atoms with E-state index in [1.54, 1.807) is 12.3 Å². The molecule has 2 N–H and O–H groups in total. The fourth-order valence-corrected chi connectivity index (χ4v) is 2.59. The number of benzene rings is 2. The Bertz CT molecular complexity index is 719. The first-order chi connectivity index (χ1) is 10.2. The number of phenols is 1. The first kappa shape index (κ1) is 13.7. The van der Waals surface area contributed by atoms with Gasteiger partial charge in [0.1, 0.15) is 11.5 Å². The molecular weight excluding hydrogens is 262 g/mol. The van der Waals surface area contributed by atoms with Crippen molar-refractivity contribution in [3.63, 3.8) is 0 Å². The Kier molecular flexibility index (Phi) is 3.93. The molecule has 3 heteroatoms. The fourth-order valence-electron chi connectivity index (χ4n) is 2.59. The molecule has 1 aromatic heterocycles. The second-order valence-electron chi connectivity index (χ2n) is 5.35. The summed E-state index contributed by atoms with van der Waals surface area (Å²) in [5.74, 6) is 1.31. The molecule has 0 aliphatic heterocycles. The predicted molar refractivity (Wildman–Crippen MR) is 84.3 cm³/mol. The monoisotopic (exact) mass is 281 g/mol. The van der Waals surface area contributed by atoms with E-state index in [1.807, 2.05) is 36.4 Å². The van der Waals surface area contributed by atoms with Gasteiger partial charge in [0.05, 0.1) is 6.26 Å². The van der Waals surface area contributed by atoms with Crippen LogP contribution in [-0.2, 0) is 13.0 Å². The maximum absolute atomic E-state index is 10.1. The van der Waals surface area contributed by atoms with Crippen molar-refractivity contribution in [3.8, 4) is 5.75 Å². The molecule has 2 aromatic carbocycles. The summed E-state index contributed by atoms with van der Waals surface area (Å²) < 4.78 is 5.36. The minimum absolute atomic E-state index is 0.273. The van der Waals surface area contributed by atoms with Gasteiger partial charge in [-0.1, -0.05) is 30.3 Å². The van der Waals surface area contributed by atoms with Crippen LogP contribution < -0.4 is 5.32 Å². The number of hydrogen-bond donors (Lipinski definition) is 2. The predicted octanol–water partition coefficient (Wildman–Crippen LogP) is 3.86. The zero-order valence-electron chi connectivity index (χ0n) is 12.0. The van der Waals surface area contributed by atoms with Crippen LogP contribution in [0.25, 0.3) is 10.8 Å². The second-order valence-corrected chi connectivity index (χ2v) is 5.35. The summed E-state index contributed by atoms with van der Waals surface area (Å²) in [6.45, 7) is 2.75. The van der Waals surface area contributed by atoms with E-state index < -0.39 is 0 Å². The highest BCUT2D eigenvalue weighted by molar-refractivity contribution is 5.87. The summed E-state index contributed by atoms with van der Waals surface area (Å²) >= 11 is 0. The van der Waals surface area contributed by atoms with Gasteiger partial charge in [0.15, 0.2) is 0 Å². The highest BCUT2D eigenvalue weighted by Crippen LogP contribution is 2.27. The normalized spacial score (nSPS) is 12.6. The van der Waals surface area contributed by atoms with Gasteiger partial charge in [0.2, 0.25) is 0 Å². The second kappa shape index (κ2) is 6.02. The van der Waals surface area contributed by atoms with Crippen LogP contribution in [0.1, 0.15) is 18.2 Å². The summed E-state index contributed by atoms with van der Waals surface area (Å²) in [5, 5.41) is 15.8. The number of hydrogen-bond acceptors (Lipinski definition) is 3. The molecule has 3 rings (SSSR count). The zero-order chi connectivity index (χ0) is 14.7. The number of fused-ring (bicyclic) bond motifs is 1. The van der Waals surface area contributed by atoms with E-state index in [1.165, 1.54) is 0 Å². The van der Waals surface area contributed by atoms with Crippen LogP contribution in [0.3, 0.4) is 0 Å². The van der Waals surface area contributed by atoms with E-state index >= 15 is 0 Å². The Labute approximate surface area is 124 Å². The van der Waals surface area contributed by atoms with E-state index in [0.29, 0.717) is 12.3 Å². The van der Waals surface area contributed by atoms with Gasteiger partial charge in [-0.05, 0) is 35.9 Å². The lowest BCUT2D eigenvalue weighted by Gasteiger charge is -2.15. The lowest BCUT2D eigenvalue weighted by molar-refractivity contribution is 0.444.